The normalized spacial score (nSPS) is 20.8. The number of aromatic nitrogens is 3. The lowest BCUT2D eigenvalue weighted by Gasteiger charge is -2.31. The Morgan fingerprint density at radius 1 is 1.29 bits per heavy atom. The van der Waals surface area contributed by atoms with Gasteiger partial charge in [0.05, 0.1) is 23.3 Å². The van der Waals surface area contributed by atoms with Crippen molar-refractivity contribution < 1.29 is 9.53 Å². The smallest absolute Gasteiger partial charge is 0.228 e. The molecule has 28 heavy (non-hydrogen) atoms. The molecule has 6 nitrogen and oxygen atoms in total. The van der Waals surface area contributed by atoms with E-state index >= 15 is 0 Å². The summed E-state index contributed by atoms with van der Waals surface area (Å²) in [5, 5.41) is 9.79. The van der Waals surface area contributed by atoms with Crippen molar-refractivity contribution in [3.05, 3.63) is 21.9 Å². The molecule has 0 aliphatic carbocycles. The van der Waals surface area contributed by atoms with Crippen molar-refractivity contribution in [3.8, 4) is 0 Å². The summed E-state index contributed by atoms with van der Waals surface area (Å²) in [5.41, 5.74) is 0. The molecule has 0 saturated carbocycles. The molecule has 4 heterocycles. The molecule has 2 aromatic heterocycles. The van der Waals surface area contributed by atoms with E-state index in [-0.39, 0.29) is 11.9 Å². The molecule has 0 amide bonds. The van der Waals surface area contributed by atoms with Crippen LogP contribution in [0.1, 0.15) is 47.2 Å². The van der Waals surface area contributed by atoms with Gasteiger partial charge in [0.2, 0.25) is 5.95 Å². The maximum atomic E-state index is 12.5. The molecule has 2 aliphatic rings. The SMILES string of the molecule is Cc1ccc(C(=O)CSc2nnc(N3CCC(C)CC3)n2CC2CCCO2)s1. The molecule has 1 atom stereocenters. The summed E-state index contributed by atoms with van der Waals surface area (Å²) in [6, 6.07) is 3.91. The van der Waals surface area contributed by atoms with Crippen LogP contribution in [0, 0.1) is 12.8 Å². The fourth-order valence-electron chi connectivity index (χ4n) is 3.77. The number of hydrogen-bond donors (Lipinski definition) is 0. The van der Waals surface area contributed by atoms with E-state index in [1.165, 1.54) is 24.6 Å². The van der Waals surface area contributed by atoms with Gasteiger partial charge in [-0.2, -0.15) is 0 Å². The number of anilines is 1. The van der Waals surface area contributed by atoms with Gasteiger partial charge in [0.15, 0.2) is 10.9 Å². The topological polar surface area (TPSA) is 60.2 Å². The predicted molar refractivity (Wildman–Crippen MR) is 114 cm³/mol. The highest BCUT2D eigenvalue weighted by Crippen LogP contribution is 2.29. The Hall–Kier alpha value is -1.38. The Labute approximate surface area is 174 Å². The number of rotatable bonds is 7. The fourth-order valence-corrected chi connectivity index (χ4v) is 5.49. The standard InChI is InChI=1S/C20H28N4O2S2/c1-14-7-9-23(10-8-14)19-21-22-20(24(19)12-16-4-3-11-26-16)27-13-17(25)18-6-5-15(2)28-18/h5-6,14,16H,3-4,7-13H2,1-2H3. The number of thioether (sulfide) groups is 1. The molecule has 2 aromatic rings. The first-order valence-corrected chi connectivity index (χ1v) is 11.9. The summed E-state index contributed by atoms with van der Waals surface area (Å²) in [6.45, 7) is 7.98. The first-order chi connectivity index (χ1) is 13.6. The van der Waals surface area contributed by atoms with E-state index in [0.29, 0.717) is 5.75 Å². The van der Waals surface area contributed by atoms with Gasteiger partial charge < -0.3 is 9.64 Å². The number of aryl methyl sites for hydroxylation is 1. The van der Waals surface area contributed by atoms with Crippen LogP contribution < -0.4 is 4.90 Å². The molecule has 0 radical (unpaired) electrons. The number of carbonyl (C=O) groups excluding carboxylic acids is 1. The maximum Gasteiger partial charge on any atom is 0.228 e. The van der Waals surface area contributed by atoms with Crippen molar-refractivity contribution in [1.29, 1.82) is 0 Å². The molecule has 0 spiro atoms. The Balaban J connectivity index is 1.49. The van der Waals surface area contributed by atoms with Crippen LogP contribution in [0.25, 0.3) is 0 Å². The second-order valence-electron chi connectivity index (χ2n) is 7.82. The van der Waals surface area contributed by atoms with Crippen LogP contribution in [0.15, 0.2) is 17.3 Å². The number of hydrogen-bond acceptors (Lipinski definition) is 7. The number of ketones is 1. The summed E-state index contributed by atoms with van der Waals surface area (Å²) in [7, 11) is 0. The monoisotopic (exact) mass is 420 g/mol. The summed E-state index contributed by atoms with van der Waals surface area (Å²) in [6.07, 6.45) is 4.78. The van der Waals surface area contributed by atoms with Crippen LogP contribution in [0.3, 0.4) is 0 Å². The Bertz CT molecular complexity index is 805. The number of ether oxygens (including phenoxy) is 1. The van der Waals surface area contributed by atoms with Crippen molar-refractivity contribution in [2.24, 2.45) is 5.92 Å². The summed E-state index contributed by atoms with van der Waals surface area (Å²) in [4.78, 5) is 16.9. The van der Waals surface area contributed by atoms with Gasteiger partial charge in [-0.25, -0.2) is 0 Å². The Kier molecular flexibility index (Phi) is 6.38. The molecule has 152 valence electrons. The zero-order chi connectivity index (χ0) is 19.5. The van der Waals surface area contributed by atoms with E-state index < -0.39 is 0 Å². The van der Waals surface area contributed by atoms with Crippen molar-refractivity contribution in [3.63, 3.8) is 0 Å². The van der Waals surface area contributed by atoms with Crippen LogP contribution in [-0.4, -0.2) is 52.1 Å². The average Bonchev–Trinajstić information content (AvgIpc) is 3.43. The zero-order valence-corrected chi connectivity index (χ0v) is 18.2. The van der Waals surface area contributed by atoms with Crippen molar-refractivity contribution in [1.82, 2.24) is 14.8 Å². The lowest BCUT2D eigenvalue weighted by Crippen LogP contribution is -2.35. The molecule has 4 rings (SSSR count). The molecule has 2 fully saturated rings. The lowest BCUT2D eigenvalue weighted by molar-refractivity contribution is 0.0951. The summed E-state index contributed by atoms with van der Waals surface area (Å²) >= 11 is 3.05. The number of nitrogens with zero attached hydrogens (tertiary/aromatic N) is 4. The van der Waals surface area contributed by atoms with E-state index in [0.717, 1.165) is 65.9 Å². The largest absolute Gasteiger partial charge is 0.376 e. The van der Waals surface area contributed by atoms with Gasteiger partial charge in [0, 0.05) is 24.6 Å². The second-order valence-corrected chi connectivity index (χ2v) is 10.1. The third kappa shape index (κ3) is 4.60. The minimum atomic E-state index is 0.156. The van der Waals surface area contributed by atoms with E-state index in [9.17, 15) is 4.79 Å². The minimum absolute atomic E-state index is 0.156. The number of thiophene rings is 1. The molecule has 0 N–H and O–H groups in total. The van der Waals surface area contributed by atoms with Crippen LogP contribution in [0.2, 0.25) is 0 Å². The minimum Gasteiger partial charge on any atom is -0.376 e. The predicted octanol–water partition coefficient (Wildman–Crippen LogP) is 4.04. The first kappa shape index (κ1) is 19.9. The molecule has 8 heteroatoms. The fraction of sp³-hybridized carbons (Fsp3) is 0.650. The van der Waals surface area contributed by atoms with E-state index in [2.05, 4.69) is 26.6 Å². The van der Waals surface area contributed by atoms with Gasteiger partial charge in [-0.1, -0.05) is 18.7 Å². The quantitative estimate of drug-likeness (QED) is 0.498. The Morgan fingerprint density at radius 3 is 2.79 bits per heavy atom. The third-order valence-corrected chi connectivity index (χ3v) is 7.53. The molecule has 2 saturated heterocycles. The van der Waals surface area contributed by atoms with Gasteiger partial charge in [-0.05, 0) is 50.7 Å². The Morgan fingerprint density at radius 2 is 2.11 bits per heavy atom. The number of piperidine rings is 1. The number of carbonyl (C=O) groups is 1. The molecule has 1 unspecified atom stereocenters. The van der Waals surface area contributed by atoms with Gasteiger partial charge in [-0.15, -0.1) is 21.5 Å². The van der Waals surface area contributed by atoms with Crippen molar-refractivity contribution in [2.75, 3.05) is 30.3 Å². The maximum absolute atomic E-state index is 12.5. The highest BCUT2D eigenvalue weighted by Gasteiger charge is 2.26. The second kappa shape index (κ2) is 8.97. The highest BCUT2D eigenvalue weighted by atomic mass is 32.2. The zero-order valence-electron chi connectivity index (χ0n) is 16.6. The molecular formula is C20H28N4O2S2. The van der Waals surface area contributed by atoms with Gasteiger partial charge >= 0.3 is 0 Å². The third-order valence-electron chi connectivity index (χ3n) is 5.52. The van der Waals surface area contributed by atoms with E-state index in [1.54, 1.807) is 11.3 Å². The molecule has 2 aliphatic heterocycles. The molecule has 0 aromatic carbocycles. The summed E-state index contributed by atoms with van der Waals surface area (Å²) < 4.78 is 8.05. The average molecular weight is 421 g/mol. The van der Waals surface area contributed by atoms with Gasteiger partial charge in [0.25, 0.3) is 0 Å². The molecular weight excluding hydrogens is 392 g/mol. The van der Waals surface area contributed by atoms with Crippen LogP contribution >= 0.6 is 23.1 Å². The molecule has 0 bridgehead atoms. The van der Waals surface area contributed by atoms with Crippen LogP contribution in [0.5, 0.6) is 0 Å². The van der Waals surface area contributed by atoms with Crippen LogP contribution in [-0.2, 0) is 11.3 Å². The number of Topliss-reactive ketones (excluding diaryl/α,β-unsaturated/α-hetero) is 1. The van der Waals surface area contributed by atoms with E-state index in [4.69, 9.17) is 4.74 Å². The van der Waals surface area contributed by atoms with Gasteiger partial charge in [0.1, 0.15) is 0 Å². The highest BCUT2D eigenvalue weighted by molar-refractivity contribution is 7.99. The lowest BCUT2D eigenvalue weighted by atomic mass is 10.00. The summed E-state index contributed by atoms with van der Waals surface area (Å²) in [5.74, 6) is 2.25. The van der Waals surface area contributed by atoms with Crippen molar-refractivity contribution >= 4 is 34.8 Å². The van der Waals surface area contributed by atoms with Gasteiger partial charge in [-0.3, -0.25) is 9.36 Å². The van der Waals surface area contributed by atoms with Crippen LogP contribution in [0.4, 0.5) is 5.95 Å². The van der Waals surface area contributed by atoms with E-state index in [1.807, 2.05) is 19.1 Å². The first-order valence-electron chi connectivity index (χ1n) is 10.1. The van der Waals surface area contributed by atoms with Crippen molar-refractivity contribution in [2.45, 2.75) is 57.3 Å².